The Kier molecular flexibility index (Phi) is 6.60. The Morgan fingerprint density at radius 1 is 1.03 bits per heavy atom. The van der Waals surface area contributed by atoms with Gasteiger partial charge in [0.25, 0.3) is 0 Å². The predicted molar refractivity (Wildman–Crippen MR) is 115 cm³/mol. The summed E-state index contributed by atoms with van der Waals surface area (Å²) in [6.07, 6.45) is 0.665. The van der Waals surface area contributed by atoms with Crippen molar-refractivity contribution < 1.29 is 23.4 Å². The third kappa shape index (κ3) is 5.08. The Hall–Kier alpha value is -2.68. The number of sulfone groups is 1. The molecule has 0 aliphatic rings. The molecule has 0 fully saturated rings. The average Bonchev–Trinajstić information content (AvgIpc) is 3.17. The minimum atomic E-state index is -3.30. The number of nitrogens with zero attached hydrogens (tertiary/aromatic N) is 2. The third-order valence-electron chi connectivity index (χ3n) is 4.82. The van der Waals surface area contributed by atoms with Gasteiger partial charge in [0.15, 0.2) is 9.84 Å². The van der Waals surface area contributed by atoms with E-state index in [0.717, 1.165) is 11.3 Å². The van der Waals surface area contributed by atoms with Gasteiger partial charge in [-0.25, -0.2) is 13.1 Å². The van der Waals surface area contributed by atoms with Gasteiger partial charge in [-0.3, -0.25) is 0 Å². The van der Waals surface area contributed by atoms with Gasteiger partial charge in [0.1, 0.15) is 5.75 Å². The molecule has 0 bridgehead atoms. The van der Waals surface area contributed by atoms with Crippen LogP contribution in [0.4, 0.5) is 0 Å². The van der Waals surface area contributed by atoms with Crippen LogP contribution in [0.15, 0.2) is 59.5 Å². The van der Waals surface area contributed by atoms with E-state index in [2.05, 4.69) is 5.10 Å². The molecule has 7 nitrogen and oxygen atoms in total. The zero-order valence-corrected chi connectivity index (χ0v) is 18.0. The minimum absolute atomic E-state index is 0.235. The Morgan fingerprint density at radius 2 is 1.67 bits per heavy atom. The Morgan fingerprint density at radius 3 is 2.20 bits per heavy atom. The van der Waals surface area contributed by atoms with E-state index in [1.54, 1.807) is 49.0 Å². The molecule has 2 atom stereocenters. The number of hydrogen-bond acceptors (Lipinski definition) is 6. The zero-order chi connectivity index (χ0) is 21.9. The molecule has 1 heterocycles. The van der Waals surface area contributed by atoms with Crippen LogP contribution in [-0.4, -0.2) is 47.9 Å². The van der Waals surface area contributed by atoms with Gasteiger partial charge in [-0.2, -0.15) is 5.10 Å². The van der Waals surface area contributed by atoms with Gasteiger partial charge in [-0.15, -0.1) is 0 Å². The van der Waals surface area contributed by atoms with Crippen LogP contribution in [-0.2, 0) is 9.84 Å². The van der Waals surface area contributed by atoms with E-state index in [9.17, 15) is 18.6 Å². The molecular formula is C22H26N2O5S. The maximum atomic E-state index is 11.8. The first-order chi connectivity index (χ1) is 14.2. The first-order valence-corrected chi connectivity index (χ1v) is 11.5. The molecule has 3 rings (SSSR count). The van der Waals surface area contributed by atoms with Crippen molar-refractivity contribution in [1.29, 1.82) is 0 Å². The summed E-state index contributed by atoms with van der Waals surface area (Å²) in [7, 11) is -1.70. The highest BCUT2D eigenvalue weighted by Crippen LogP contribution is 2.29. The number of ether oxygens (including phenoxy) is 1. The van der Waals surface area contributed by atoms with Gasteiger partial charge in [-0.05, 0) is 62.2 Å². The number of aromatic nitrogens is 2. The molecule has 0 saturated heterocycles. The second-order valence-electron chi connectivity index (χ2n) is 7.30. The maximum absolute atomic E-state index is 11.8. The second-order valence-corrected chi connectivity index (χ2v) is 9.32. The summed E-state index contributed by atoms with van der Waals surface area (Å²) in [5, 5.41) is 24.6. The highest BCUT2D eigenvalue weighted by Gasteiger charge is 2.18. The number of methoxy groups -OCH3 is 1. The zero-order valence-electron chi connectivity index (χ0n) is 17.2. The number of benzene rings is 2. The van der Waals surface area contributed by atoms with E-state index < -0.39 is 22.0 Å². The first-order valence-electron chi connectivity index (χ1n) is 9.60. The van der Waals surface area contributed by atoms with Gasteiger partial charge >= 0.3 is 0 Å². The lowest BCUT2D eigenvalue weighted by Gasteiger charge is -2.10. The van der Waals surface area contributed by atoms with Crippen molar-refractivity contribution in [1.82, 2.24) is 9.78 Å². The third-order valence-corrected chi connectivity index (χ3v) is 5.95. The molecule has 0 aliphatic carbocycles. The minimum Gasteiger partial charge on any atom is -0.497 e. The Balaban J connectivity index is 2.04. The largest absolute Gasteiger partial charge is 0.497 e. The summed E-state index contributed by atoms with van der Waals surface area (Å²) in [5.74, 6) is 0.710. The van der Waals surface area contributed by atoms with Gasteiger partial charge in [0.05, 0.1) is 41.3 Å². The predicted octanol–water partition coefficient (Wildman–Crippen LogP) is 3.15. The molecule has 2 aromatic carbocycles. The SMILES string of the molecule is COc1ccc(-n2nc(C(O)CCC(C)O)cc2-c2ccc(S(C)(=O)=O)cc2)cc1. The number of hydrogen-bond donors (Lipinski definition) is 2. The Labute approximate surface area is 176 Å². The summed E-state index contributed by atoms with van der Waals surface area (Å²) in [4.78, 5) is 0.235. The number of aliphatic hydroxyl groups is 2. The van der Waals surface area contributed by atoms with Crippen molar-refractivity contribution >= 4 is 9.84 Å². The van der Waals surface area contributed by atoms with E-state index >= 15 is 0 Å². The lowest BCUT2D eigenvalue weighted by atomic mass is 10.1. The molecule has 30 heavy (non-hydrogen) atoms. The summed E-state index contributed by atoms with van der Waals surface area (Å²) in [6, 6.07) is 15.7. The van der Waals surface area contributed by atoms with E-state index in [1.165, 1.54) is 6.26 Å². The lowest BCUT2D eigenvalue weighted by molar-refractivity contribution is 0.120. The second kappa shape index (κ2) is 8.99. The quantitative estimate of drug-likeness (QED) is 0.569. The van der Waals surface area contributed by atoms with E-state index in [-0.39, 0.29) is 4.90 Å². The number of aliphatic hydroxyl groups excluding tert-OH is 2. The van der Waals surface area contributed by atoms with E-state index in [4.69, 9.17) is 4.74 Å². The number of rotatable bonds is 8. The molecule has 0 radical (unpaired) electrons. The standard InChI is InChI=1S/C22H26N2O5S/c1-15(25)4-13-22(26)20-14-21(16-5-11-19(12-6-16)30(3,27)28)24(23-20)17-7-9-18(29-2)10-8-17/h5-12,14-15,22,25-26H,4,13H2,1-3H3. The van der Waals surface area contributed by atoms with Crippen LogP contribution >= 0.6 is 0 Å². The highest BCUT2D eigenvalue weighted by atomic mass is 32.2. The van der Waals surface area contributed by atoms with Crippen LogP contribution in [0.3, 0.4) is 0 Å². The van der Waals surface area contributed by atoms with Gasteiger partial charge in [-0.1, -0.05) is 12.1 Å². The van der Waals surface area contributed by atoms with Crippen LogP contribution in [0.25, 0.3) is 16.9 Å². The van der Waals surface area contributed by atoms with Crippen molar-refractivity contribution in [3.8, 4) is 22.7 Å². The fourth-order valence-corrected chi connectivity index (χ4v) is 3.74. The van der Waals surface area contributed by atoms with Crippen molar-refractivity contribution in [2.75, 3.05) is 13.4 Å². The van der Waals surface area contributed by atoms with Crippen LogP contribution < -0.4 is 4.74 Å². The molecule has 8 heteroatoms. The van der Waals surface area contributed by atoms with E-state index in [0.29, 0.717) is 30.0 Å². The normalized spacial score (nSPS) is 13.8. The molecule has 0 aliphatic heterocycles. The molecule has 1 aromatic heterocycles. The molecule has 3 aromatic rings. The van der Waals surface area contributed by atoms with Gasteiger partial charge in [0.2, 0.25) is 0 Å². The van der Waals surface area contributed by atoms with Gasteiger partial charge < -0.3 is 14.9 Å². The van der Waals surface area contributed by atoms with Crippen molar-refractivity contribution in [2.24, 2.45) is 0 Å². The van der Waals surface area contributed by atoms with Crippen LogP contribution in [0.2, 0.25) is 0 Å². The van der Waals surface area contributed by atoms with Crippen LogP contribution in [0.1, 0.15) is 31.6 Å². The highest BCUT2D eigenvalue weighted by molar-refractivity contribution is 7.90. The first kappa shape index (κ1) is 22.0. The summed E-state index contributed by atoms with van der Waals surface area (Å²) < 4.78 is 30.5. The topological polar surface area (TPSA) is 102 Å². The summed E-state index contributed by atoms with van der Waals surface area (Å²) >= 11 is 0. The van der Waals surface area contributed by atoms with E-state index in [1.807, 2.05) is 24.3 Å². The maximum Gasteiger partial charge on any atom is 0.175 e. The summed E-state index contributed by atoms with van der Waals surface area (Å²) in [5.41, 5.74) is 2.73. The van der Waals surface area contributed by atoms with Crippen molar-refractivity contribution in [3.63, 3.8) is 0 Å². The smallest absolute Gasteiger partial charge is 0.175 e. The lowest BCUT2D eigenvalue weighted by Crippen LogP contribution is -2.06. The summed E-state index contributed by atoms with van der Waals surface area (Å²) in [6.45, 7) is 1.68. The van der Waals surface area contributed by atoms with Crippen LogP contribution in [0.5, 0.6) is 5.75 Å². The fourth-order valence-electron chi connectivity index (χ4n) is 3.11. The molecule has 160 valence electrons. The van der Waals surface area contributed by atoms with Gasteiger partial charge in [0, 0.05) is 11.8 Å². The molecule has 0 saturated carbocycles. The van der Waals surface area contributed by atoms with Crippen molar-refractivity contribution in [2.45, 2.75) is 36.9 Å². The molecular weight excluding hydrogens is 404 g/mol. The molecule has 2 unspecified atom stereocenters. The fraction of sp³-hybridized carbons (Fsp3) is 0.318. The Bertz CT molecular complexity index is 1090. The molecule has 0 spiro atoms. The average molecular weight is 431 g/mol. The van der Waals surface area contributed by atoms with Crippen LogP contribution in [0, 0.1) is 0 Å². The monoisotopic (exact) mass is 430 g/mol. The van der Waals surface area contributed by atoms with Crippen molar-refractivity contribution in [3.05, 3.63) is 60.3 Å². The molecule has 2 N–H and O–H groups in total. The molecule has 0 amide bonds.